The van der Waals surface area contributed by atoms with Crippen molar-refractivity contribution < 1.29 is 18.0 Å². The molecule has 4 rings (SSSR count). The Morgan fingerprint density at radius 1 is 1.03 bits per heavy atom. The lowest BCUT2D eigenvalue weighted by molar-refractivity contribution is -0.137. The first kappa shape index (κ1) is 23.7. The van der Waals surface area contributed by atoms with Gasteiger partial charge in [0.2, 0.25) is 11.6 Å². The number of alkyl halides is 3. The van der Waals surface area contributed by atoms with Gasteiger partial charge in [0.25, 0.3) is 0 Å². The molecule has 0 bridgehead atoms. The summed E-state index contributed by atoms with van der Waals surface area (Å²) in [5.41, 5.74) is 3.41. The van der Waals surface area contributed by atoms with Gasteiger partial charge in [0.05, 0.1) is 11.6 Å². The Morgan fingerprint density at radius 2 is 1.69 bits per heavy atom. The number of carbonyl (C=O) groups excluding carboxylic acids is 1. The predicted octanol–water partition coefficient (Wildman–Crippen LogP) is 5.89. The van der Waals surface area contributed by atoms with Crippen molar-refractivity contribution >= 4 is 24.0 Å². The van der Waals surface area contributed by atoms with Crippen LogP contribution in [-0.4, -0.2) is 22.3 Å². The summed E-state index contributed by atoms with van der Waals surface area (Å²) in [4.78, 5) is 24.0. The third kappa shape index (κ3) is 4.35. The number of ketones is 1. The molecule has 0 aliphatic carbocycles. The number of aryl methyl sites for hydroxylation is 1. The molecule has 0 amide bonds. The second-order valence-corrected chi connectivity index (χ2v) is 7.80. The summed E-state index contributed by atoms with van der Waals surface area (Å²) >= 11 is 0. The third-order valence-corrected chi connectivity index (χ3v) is 5.91. The van der Waals surface area contributed by atoms with E-state index in [1.807, 2.05) is 26.0 Å². The van der Waals surface area contributed by atoms with Gasteiger partial charge in [-0.25, -0.2) is 9.97 Å². The van der Waals surface area contributed by atoms with Crippen LogP contribution in [0, 0.1) is 13.8 Å². The molecule has 3 aromatic rings. The lowest BCUT2D eigenvalue weighted by atomic mass is 9.93. The second-order valence-electron chi connectivity index (χ2n) is 7.80. The van der Waals surface area contributed by atoms with Crippen LogP contribution in [0.2, 0.25) is 0 Å². The van der Waals surface area contributed by atoms with Gasteiger partial charge in [-0.2, -0.15) is 13.2 Å². The molecule has 32 heavy (non-hydrogen) atoms. The van der Waals surface area contributed by atoms with Crippen LogP contribution in [0.3, 0.4) is 0 Å². The average molecular weight is 462 g/mol. The van der Waals surface area contributed by atoms with Crippen molar-refractivity contribution in [2.45, 2.75) is 39.4 Å². The number of nitrogens with zero attached hydrogens (tertiary/aromatic N) is 3. The molecule has 2 heterocycles. The molecule has 168 valence electrons. The van der Waals surface area contributed by atoms with E-state index in [1.54, 1.807) is 0 Å². The predicted molar refractivity (Wildman–Crippen MR) is 120 cm³/mol. The van der Waals surface area contributed by atoms with Crippen molar-refractivity contribution in [3.05, 3.63) is 87.9 Å². The molecule has 1 atom stereocenters. The van der Waals surface area contributed by atoms with E-state index in [0.29, 0.717) is 11.5 Å². The van der Waals surface area contributed by atoms with E-state index >= 15 is 0 Å². The maximum atomic E-state index is 13.0. The van der Waals surface area contributed by atoms with Gasteiger partial charge in [0.1, 0.15) is 5.82 Å². The van der Waals surface area contributed by atoms with Crippen molar-refractivity contribution in [1.29, 1.82) is 0 Å². The number of fused-ring (bicyclic) bond motifs is 1. The second kappa shape index (κ2) is 8.90. The Bertz CT molecular complexity index is 1150. The largest absolute Gasteiger partial charge is 0.416 e. The molecule has 1 unspecified atom stereocenters. The van der Waals surface area contributed by atoms with Crippen molar-refractivity contribution in [3.63, 3.8) is 0 Å². The maximum Gasteiger partial charge on any atom is 0.416 e. The number of anilines is 1. The zero-order valence-corrected chi connectivity index (χ0v) is 18.7. The lowest BCUT2D eigenvalue weighted by Gasteiger charge is -2.37. The number of halogens is 4. The fourth-order valence-corrected chi connectivity index (χ4v) is 4.00. The van der Waals surface area contributed by atoms with Gasteiger partial charge in [0, 0.05) is 23.4 Å². The molecule has 0 spiro atoms. The fourth-order valence-electron chi connectivity index (χ4n) is 4.00. The first-order valence-electron chi connectivity index (χ1n) is 10.1. The standard InChI is InChI=1S/C24H22F3N3O.ClH/c1-14-15(2)28-22(21(31)18-8-10-19(11-9-18)24(25,26)27)29-23(14)30-13-12-17-6-4-5-7-20(17)16(30)3;/h4-11,16H,12-13H2,1-3H3;1H. The molecule has 1 aliphatic rings. The average Bonchev–Trinajstić information content (AvgIpc) is 2.75. The molecule has 0 fully saturated rings. The van der Waals surface area contributed by atoms with Gasteiger partial charge in [-0.3, -0.25) is 4.79 Å². The van der Waals surface area contributed by atoms with Crippen LogP contribution in [0.15, 0.2) is 48.5 Å². The summed E-state index contributed by atoms with van der Waals surface area (Å²) in [5, 5.41) is 0. The molecule has 1 aromatic heterocycles. The topological polar surface area (TPSA) is 46.1 Å². The van der Waals surface area contributed by atoms with Gasteiger partial charge in [0.15, 0.2) is 0 Å². The van der Waals surface area contributed by atoms with Crippen LogP contribution in [0.1, 0.15) is 57.1 Å². The highest BCUT2D eigenvalue weighted by atomic mass is 35.5. The summed E-state index contributed by atoms with van der Waals surface area (Å²) in [5.74, 6) is 0.178. The minimum absolute atomic E-state index is 0. The number of benzene rings is 2. The summed E-state index contributed by atoms with van der Waals surface area (Å²) in [6.07, 6.45) is -3.59. The SMILES string of the molecule is Cc1nc(C(=O)c2ccc(C(F)(F)F)cc2)nc(N2CCc3ccccc3C2C)c1C.Cl. The van der Waals surface area contributed by atoms with Gasteiger partial charge >= 0.3 is 6.18 Å². The van der Waals surface area contributed by atoms with Crippen LogP contribution in [-0.2, 0) is 12.6 Å². The van der Waals surface area contributed by atoms with Crippen molar-refractivity contribution in [2.75, 3.05) is 11.4 Å². The highest BCUT2D eigenvalue weighted by Crippen LogP contribution is 2.35. The molecule has 4 nitrogen and oxygen atoms in total. The molecular weight excluding hydrogens is 439 g/mol. The lowest BCUT2D eigenvalue weighted by Crippen LogP contribution is -2.35. The van der Waals surface area contributed by atoms with Gasteiger partial charge < -0.3 is 4.90 Å². The number of hydrogen-bond donors (Lipinski definition) is 0. The van der Waals surface area contributed by atoms with Crippen LogP contribution in [0.5, 0.6) is 0 Å². The van der Waals surface area contributed by atoms with Crippen molar-refractivity contribution in [1.82, 2.24) is 9.97 Å². The Kier molecular flexibility index (Phi) is 6.60. The maximum absolute atomic E-state index is 13.0. The molecule has 0 saturated carbocycles. The Morgan fingerprint density at radius 3 is 2.34 bits per heavy atom. The molecule has 0 N–H and O–H groups in total. The fraction of sp³-hybridized carbons (Fsp3) is 0.292. The van der Waals surface area contributed by atoms with E-state index in [2.05, 4.69) is 33.9 Å². The van der Waals surface area contributed by atoms with E-state index in [0.717, 1.165) is 30.7 Å². The van der Waals surface area contributed by atoms with Crippen LogP contribution < -0.4 is 4.90 Å². The van der Waals surface area contributed by atoms with Gasteiger partial charge in [-0.15, -0.1) is 12.4 Å². The molecule has 0 radical (unpaired) electrons. The van der Waals surface area contributed by atoms with Crippen LogP contribution in [0.25, 0.3) is 0 Å². The Hall–Kier alpha value is -2.93. The quantitative estimate of drug-likeness (QED) is 0.456. The first-order chi connectivity index (χ1) is 14.7. The molecule has 8 heteroatoms. The summed E-state index contributed by atoms with van der Waals surface area (Å²) < 4.78 is 38.5. The van der Waals surface area contributed by atoms with Crippen LogP contribution >= 0.6 is 12.4 Å². The molecule has 2 aromatic carbocycles. The number of aromatic nitrogens is 2. The number of rotatable bonds is 3. The highest BCUT2D eigenvalue weighted by molar-refractivity contribution is 6.06. The molecule has 1 aliphatic heterocycles. The summed E-state index contributed by atoms with van der Waals surface area (Å²) in [6, 6.07) is 12.5. The normalized spacial score (nSPS) is 15.7. The van der Waals surface area contributed by atoms with Crippen molar-refractivity contribution in [2.24, 2.45) is 0 Å². The smallest absolute Gasteiger partial charge is 0.349 e. The summed E-state index contributed by atoms with van der Waals surface area (Å²) in [7, 11) is 0. The number of carbonyl (C=O) groups is 1. The zero-order valence-electron chi connectivity index (χ0n) is 17.9. The summed E-state index contributed by atoms with van der Waals surface area (Å²) in [6.45, 7) is 6.59. The van der Waals surface area contributed by atoms with E-state index in [4.69, 9.17) is 0 Å². The van der Waals surface area contributed by atoms with Gasteiger partial charge in [-0.1, -0.05) is 36.4 Å². The van der Waals surface area contributed by atoms with E-state index < -0.39 is 17.5 Å². The van der Waals surface area contributed by atoms with E-state index in [1.165, 1.54) is 23.3 Å². The minimum atomic E-state index is -4.45. The van der Waals surface area contributed by atoms with Crippen molar-refractivity contribution in [3.8, 4) is 0 Å². The van der Waals surface area contributed by atoms with E-state index in [-0.39, 0.29) is 29.8 Å². The first-order valence-corrected chi connectivity index (χ1v) is 10.1. The van der Waals surface area contributed by atoms with E-state index in [9.17, 15) is 18.0 Å². The number of hydrogen-bond acceptors (Lipinski definition) is 4. The van der Waals surface area contributed by atoms with Crippen LogP contribution in [0.4, 0.5) is 19.0 Å². The zero-order chi connectivity index (χ0) is 22.3. The third-order valence-electron chi connectivity index (χ3n) is 5.91. The Labute approximate surface area is 190 Å². The Balaban J connectivity index is 0.00000289. The molecule has 0 saturated heterocycles. The highest BCUT2D eigenvalue weighted by Gasteiger charge is 2.31. The monoisotopic (exact) mass is 461 g/mol. The van der Waals surface area contributed by atoms with Gasteiger partial charge in [-0.05, 0) is 50.5 Å². The minimum Gasteiger partial charge on any atom is -0.349 e. The molecular formula is C24H23ClF3N3O.